The Hall–Kier alpha value is -0.160. The first-order valence-electron chi connectivity index (χ1n) is 3.36. The molecular weight excluding hydrogens is 134 g/mol. The topological polar surface area (TPSA) is 72.7 Å². The number of nitrogens with one attached hydrogen (secondary N) is 1. The number of likely N-dealkylation sites (N-methyl/N-ethyl adjacent to an activating group) is 1. The largest absolute Gasteiger partial charge is 0.396 e. The van der Waals surface area contributed by atoms with Crippen LogP contribution in [0.5, 0.6) is 0 Å². The molecule has 0 saturated carbocycles. The van der Waals surface area contributed by atoms with Crippen LogP contribution in [0.2, 0.25) is 0 Å². The Labute approximate surface area is 60.5 Å². The SMILES string of the molecule is CNC(O)C(O)CCCO. The fraction of sp³-hybridized carbons (Fsp3) is 1.00. The molecule has 0 aromatic carbocycles. The summed E-state index contributed by atoms with van der Waals surface area (Å²) in [5.41, 5.74) is 0. The molecule has 2 unspecified atom stereocenters. The lowest BCUT2D eigenvalue weighted by Crippen LogP contribution is -2.37. The van der Waals surface area contributed by atoms with E-state index >= 15 is 0 Å². The first kappa shape index (κ1) is 9.84. The van der Waals surface area contributed by atoms with Crippen LogP contribution in [-0.4, -0.2) is 41.3 Å². The number of hydrogen-bond acceptors (Lipinski definition) is 4. The zero-order valence-electron chi connectivity index (χ0n) is 6.12. The van der Waals surface area contributed by atoms with Gasteiger partial charge in [0.1, 0.15) is 6.23 Å². The number of hydrogen-bond donors (Lipinski definition) is 4. The van der Waals surface area contributed by atoms with E-state index in [0.29, 0.717) is 12.8 Å². The van der Waals surface area contributed by atoms with E-state index in [1.807, 2.05) is 0 Å². The highest BCUT2D eigenvalue weighted by Crippen LogP contribution is 1.98. The van der Waals surface area contributed by atoms with Crippen molar-refractivity contribution in [1.29, 1.82) is 0 Å². The normalized spacial score (nSPS) is 16.8. The van der Waals surface area contributed by atoms with Gasteiger partial charge in [-0.3, -0.25) is 5.32 Å². The van der Waals surface area contributed by atoms with Gasteiger partial charge in [0.15, 0.2) is 0 Å². The molecule has 0 heterocycles. The van der Waals surface area contributed by atoms with Crippen LogP contribution in [0.15, 0.2) is 0 Å². The molecule has 0 aliphatic heterocycles. The van der Waals surface area contributed by atoms with E-state index in [1.54, 1.807) is 7.05 Å². The van der Waals surface area contributed by atoms with E-state index in [1.165, 1.54) is 0 Å². The van der Waals surface area contributed by atoms with Crippen LogP contribution in [0.1, 0.15) is 12.8 Å². The van der Waals surface area contributed by atoms with Gasteiger partial charge in [-0.15, -0.1) is 0 Å². The summed E-state index contributed by atoms with van der Waals surface area (Å²) in [6, 6.07) is 0. The maximum atomic E-state index is 9.03. The molecule has 0 bridgehead atoms. The van der Waals surface area contributed by atoms with Crippen LogP contribution in [0, 0.1) is 0 Å². The third-order valence-electron chi connectivity index (χ3n) is 1.32. The molecular formula is C6H15NO3. The molecule has 4 N–H and O–H groups in total. The van der Waals surface area contributed by atoms with Crippen molar-refractivity contribution in [3.05, 3.63) is 0 Å². The van der Waals surface area contributed by atoms with Crippen LogP contribution in [0.3, 0.4) is 0 Å². The standard InChI is InChI=1S/C6H15NO3/c1-7-6(10)5(9)3-2-4-8/h5-10H,2-4H2,1H3. The van der Waals surface area contributed by atoms with E-state index in [0.717, 1.165) is 0 Å². The lowest BCUT2D eigenvalue weighted by atomic mass is 10.2. The summed E-state index contributed by atoms with van der Waals surface area (Å²) < 4.78 is 0. The second kappa shape index (κ2) is 5.61. The molecule has 0 radical (unpaired) electrons. The third-order valence-corrected chi connectivity index (χ3v) is 1.32. The molecule has 0 aliphatic rings. The Morgan fingerprint density at radius 3 is 2.40 bits per heavy atom. The summed E-state index contributed by atoms with van der Waals surface area (Å²) in [4.78, 5) is 0. The molecule has 0 spiro atoms. The fourth-order valence-electron chi connectivity index (χ4n) is 0.651. The first-order chi connectivity index (χ1) is 4.72. The minimum absolute atomic E-state index is 0.0491. The molecule has 0 rings (SSSR count). The van der Waals surface area contributed by atoms with Crippen LogP contribution in [0.25, 0.3) is 0 Å². The lowest BCUT2D eigenvalue weighted by molar-refractivity contribution is -0.00425. The molecule has 4 heteroatoms. The summed E-state index contributed by atoms with van der Waals surface area (Å²) in [6.45, 7) is 0.0491. The average Bonchev–Trinajstić information content (AvgIpc) is 1.98. The van der Waals surface area contributed by atoms with Crippen LogP contribution < -0.4 is 5.32 Å². The molecule has 2 atom stereocenters. The van der Waals surface area contributed by atoms with E-state index in [2.05, 4.69) is 5.32 Å². The highest BCUT2D eigenvalue weighted by atomic mass is 16.3. The average molecular weight is 149 g/mol. The zero-order valence-corrected chi connectivity index (χ0v) is 6.12. The van der Waals surface area contributed by atoms with E-state index in [4.69, 9.17) is 15.3 Å². The number of rotatable bonds is 5. The molecule has 0 saturated heterocycles. The van der Waals surface area contributed by atoms with Gasteiger partial charge in [0.2, 0.25) is 0 Å². The van der Waals surface area contributed by atoms with Gasteiger partial charge in [0.25, 0.3) is 0 Å². The van der Waals surface area contributed by atoms with Crippen LogP contribution in [-0.2, 0) is 0 Å². The predicted molar refractivity (Wildman–Crippen MR) is 37.4 cm³/mol. The highest BCUT2D eigenvalue weighted by Gasteiger charge is 2.12. The third kappa shape index (κ3) is 3.79. The van der Waals surface area contributed by atoms with Gasteiger partial charge in [-0.1, -0.05) is 0 Å². The minimum Gasteiger partial charge on any atom is -0.396 e. The van der Waals surface area contributed by atoms with Gasteiger partial charge in [-0.25, -0.2) is 0 Å². The summed E-state index contributed by atoms with van der Waals surface area (Å²) in [7, 11) is 1.56. The van der Waals surface area contributed by atoms with E-state index in [-0.39, 0.29) is 6.61 Å². The smallest absolute Gasteiger partial charge is 0.130 e. The Balaban J connectivity index is 3.31. The van der Waals surface area contributed by atoms with Crippen molar-refractivity contribution in [3.63, 3.8) is 0 Å². The lowest BCUT2D eigenvalue weighted by Gasteiger charge is -2.15. The second-order valence-electron chi connectivity index (χ2n) is 2.17. The van der Waals surface area contributed by atoms with Crippen LogP contribution >= 0.6 is 0 Å². The molecule has 0 amide bonds. The van der Waals surface area contributed by atoms with Gasteiger partial charge in [0, 0.05) is 6.61 Å². The Kier molecular flexibility index (Phi) is 5.52. The predicted octanol–water partition coefficient (Wildman–Crippen LogP) is -1.34. The monoisotopic (exact) mass is 149 g/mol. The molecule has 62 valence electrons. The maximum Gasteiger partial charge on any atom is 0.130 e. The van der Waals surface area contributed by atoms with Gasteiger partial charge in [-0.2, -0.15) is 0 Å². The summed E-state index contributed by atoms with van der Waals surface area (Å²) in [6.07, 6.45) is -0.734. The second-order valence-corrected chi connectivity index (χ2v) is 2.17. The van der Waals surface area contributed by atoms with Gasteiger partial charge in [-0.05, 0) is 19.9 Å². The zero-order chi connectivity index (χ0) is 7.98. The quantitative estimate of drug-likeness (QED) is 0.365. The van der Waals surface area contributed by atoms with E-state index < -0.39 is 12.3 Å². The molecule has 0 aliphatic carbocycles. The molecule has 4 nitrogen and oxygen atoms in total. The van der Waals surface area contributed by atoms with Crippen molar-refractivity contribution < 1.29 is 15.3 Å². The van der Waals surface area contributed by atoms with Gasteiger partial charge < -0.3 is 15.3 Å². The van der Waals surface area contributed by atoms with Crippen LogP contribution in [0.4, 0.5) is 0 Å². The first-order valence-corrected chi connectivity index (χ1v) is 3.36. The number of aliphatic hydroxyl groups is 3. The van der Waals surface area contributed by atoms with Crippen molar-refractivity contribution in [2.45, 2.75) is 25.2 Å². The number of aliphatic hydroxyl groups excluding tert-OH is 3. The van der Waals surface area contributed by atoms with Gasteiger partial charge in [0.05, 0.1) is 6.10 Å². The van der Waals surface area contributed by atoms with Crippen molar-refractivity contribution in [2.24, 2.45) is 0 Å². The molecule has 0 aromatic rings. The summed E-state index contributed by atoms with van der Waals surface area (Å²) in [5, 5.41) is 28.8. The summed E-state index contributed by atoms with van der Waals surface area (Å²) >= 11 is 0. The Morgan fingerprint density at radius 2 is 2.00 bits per heavy atom. The fourth-order valence-corrected chi connectivity index (χ4v) is 0.651. The highest BCUT2D eigenvalue weighted by molar-refractivity contribution is 4.62. The van der Waals surface area contributed by atoms with Crippen molar-refractivity contribution >= 4 is 0 Å². The summed E-state index contributed by atoms with van der Waals surface area (Å²) in [5.74, 6) is 0. The molecule has 0 aromatic heterocycles. The van der Waals surface area contributed by atoms with Crippen molar-refractivity contribution in [3.8, 4) is 0 Å². The molecule has 0 fully saturated rings. The van der Waals surface area contributed by atoms with E-state index in [9.17, 15) is 0 Å². The van der Waals surface area contributed by atoms with Crippen molar-refractivity contribution in [1.82, 2.24) is 5.32 Å². The molecule has 10 heavy (non-hydrogen) atoms. The van der Waals surface area contributed by atoms with Gasteiger partial charge >= 0.3 is 0 Å². The Bertz CT molecular complexity index is 79.4. The minimum atomic E-state index is -0.883. The maximum absolute atomic E-state index is 9.03. The Morgan fingerprint density at radius 1 is 1.40 bits per heavy atom. The van der Waals surface area contributed by atoms with Crippen molar-refractivity contribution in [2.75, 3.05) is 13.7 Å².